The molecule has 6 aromatic rings. The van der Waals surface area contributed by atoms with Crippen molar-refractivity contribution in [3.05, 3.63) is 99.7 Å². The van der Waals surface area contributed by atoms with Crippen molar-refractivity contribution in [2.24, 2.45) is 14.1 Å². The molecule has 0 saturated carbocycles. The third-order valence-electron chi connectivity index (χ3n) is 9.79. The van der Waals surface area contributed by atoms with Gasteiger partial charge in [0, 0.05) is 56.0 Å². The number of aryl methyl sites for hydroxylation is 4. The number of nitrogens with zero attached hydrogens (tertiary/aromatic N) is 6. The fourth-order valence-electron chi connectivity index (χ4n) is 7.21. The highest BCUT2D eigenvalue weighted by atomic mass is 16.3. The number of pyridine rings is 1. The molecule has 0 aliphatic carbocycles. The number of nitrogens with one attached hydrogen (secondary N) is 2. The van der Waals surface area contributed by atoms with Gasteiger partial charge in [0.05, 0.1) is 41.1 Å². The number of hydrogen-bond acceptors (Lipinski definition) is 9. The summed E-state index contributed by atoms with van der Waals surface area (Å²) in [6, 6.07) is 14.8. The number of carbonyl (C=O) groups is 3. The number of piperidine rings is 1. The Morgan fingerprint density at radius 3 is 2.71 bits per heavy atom. The fraction of sp³-hybridized carbons (Fsp3) is 0.256. The highest BCUT2D eigenvalue weighted by Gasteiger charge is 2.30. The van der Waals surface area contributed by atoms with Gasteiger partial charge < -0.3 is 14.6 Å². The van der Waals surface area contributed by atoms with Gasteiger partial charge in [-0.05, 0) is 73.6 Å². The van der Waals surface area contributed by atoms with Gasteiger partial charge in [0.2, 0.25) is 11.8 Å². The van der Waals surface area contributed by atoms with Crippen molar-refractivity contribution in [3.63, 3.8) is 0 Å². The Bertz CT molecular complexity index is 2570. The second kappa shape index (κ2) is 13.0. The molecule has 1 unspecified atom stereocenters. The smallest absolute Gasteiger partial charge is 0.328 e. The van der Waals surface area contributed by atoms with E-state index in [1.807, 2.05) is 31.3 Å². The van der Waals surface area contributed by atoms with Crippen LogP contribution in [0.4, 0.5) is 11.4 Å². The number of amides is 3. The van der Waals surface area contributed by atoms with Crippen molar-refractivity contribution in [2.75, 3.05) is 18.0 Å². The van der Waals surface area contributed by atoms with E-state index in [0.29, 0.717) is 29.2 Å². The molecule has 2 aromatic carbocycles. The van der Waals surface area contributed by atoms with Crippen LogP contribution >= 0.6 is 0 Å². The summed E-state index contributed by atoms with van der Waals surface area (Å²) in [5.74, 6) is 5.38. The Labute approximate surface area is 297 Å². The van der Waals surface area contributed by atoms with Gasteiger partial charge >= 0.3 is 5.69 Å². The zero-order chi connectivity index (χ0) is 36.1. The third-order valence-corrected chi connectivity index (χ3v) is 9.79. The first-order valence-corrected chi connectivity index (χ1v) is 17.1. The average molecular weight is 695 g/mol. The zero-order valence-corrected chi connectivity index (χ0v) is 28.8. The van der Waals surface area contributed by atoms with Gasteiger partial charge in [0.1, 0.15) is 11.3 Å². The number of furan rings is 1. The van der Waals surface area contributed by atoms with E-state index in [0.717, 1.165) is 64.0 Å². The number of benzene rings is 2. The number of hydrogen-bond donors (Lipinski definition) is 2. The minimum Gasteiger partial charge on any atom is -0.448 e. The van der Waals surface area contributed by atoms with Crippen LogP contribution in [0.3, 0.4) is 0 Å². The maximum atomic E-state index is 12.8. The molecule has 3 amide bonds. The first-order valence-electron chi connectivity index (χ1n) is 17.1. The summed E-state index contributed by atoms with van der Waals surface area (Å²) in [6.07, 6.45) is 5.86. The quantitative estimate of drug-likeness (QED) is 0.200. The predicted octanol–water partition coefficient (Wildman–Crippen LogP) is 4.17. The molecule has 13 nitrogen and oxygen atoms in total. The molecule has 52 heavy (non-hydrogen) atoms. The number of rotatable bonds is 5. The van der Waals surface area contributed by atoms with Crippen molar-refractivity contribution in [3.8, 4) is 23.2 Å². The number of imide groups is 1. The van der Waals surface area contributed by atoms with Crippen LogP contribution in [-0.4, -0.2) is 54.9 Å². The van der Waals surface area contributed by atoms with Crippen molar-refractivity contribution < 1.29 is 18.8 Å². The molecule has 1 atom stereocenters. The lowest BCUT2D eigenvalue weighted by Gasteiger charge is -2.31. The molecule has 13 heteroatoms. The average Bonchev–Trinajstić information content (AvgIpc) is 3.67. The number of fused-ring (bicyclic) bond motifs is 3. The van der Waals surface area contributed by atoms with Gasteiger partial charge in [-0.1, -0.05) is 18.1 Å². The van der Waals surface area contributed by atoms with Crippen LogP contribution in [0.15, 0.2) is 70.1 Å². The van der Waals surface area contributed by atoms with E-state index >= 15 is 0 Å². The fourth-order valence-corrected chi connectivity index (χ4v) is 7.21. The van der Waals surface area contributed by atoms with Gasteiger partial charge in [0.15, 0.2) is 11.6 Å². The maximum Gasteiger partial charge on any atom is 0.328 e. The van der Waals surface area contributed by atoms with E-state index in [-0.39, 0.29) is 42.1 Å². The van der Waals surface area contributed by atoms with Crippen LogP contribution < -0.4 is 21.2 Å². The number of aromatic nitrogens is 5. The summed E-state index contributed by atoms with van der Waals surface area (Å²) < 4.78 is 9.22. The van der Waals surface area contributed by atoms with Crippen LogP contribution in [0.2, 0.25) is 0 Å². The first kappa shape index (κ1) is 32.6. The Hall–Kier alpha value is -6.55. The van der Waals surface area contributed by atoms with Gasteiger partial charge in [-0.3, -0.25) is 33.8 Å². The lowest BCUT2D eigenvalue weighted by molar-refractivity contribution is -0.134. The summed E-state index contributed by atoms with van der Waals surface area (Å²) in [4.78, 5) is 65.6. The monoisotopic (exact) mass is 694 g/mol. The molecule has 2 N–H and O–H groups in total. The van der Waals surface area contributed by atoms with E-state index in [9.17, 15) is 19.2 Å². The molecule has 0 radical (unpaired) electrons. The SMILES string of the molecule is Cc1cc(N2CCCc3nc(-c4ccc(C(=O)NCC#Cc5cc6c(C7CCC(=O)NC7=O)cccc6o5)nc4)ncc32)cc2c1n(C)c(=O)n2C. The lowest BCUT2D eigenvalue weighted by Crippen LogP contribution is -2.39. The molecule has 8 rings (SSSR count). The normalized spacial score (nSPS) is 15.7. The van der Waals surface area contributed by atoms with E-state index in [4.69, 9.17) is 9.40 Å². The molecule has 1 saturated heterocycles. The predicted molar refractivity (Wildman–Crippen MR) is 194 cm³/mol. The Balaban J connectivity index is 0.935. The van der Waals surface area contributed by atoms with E-state index in [2.05, 4.69) is 43.4 Å². The molecular weight excluding hydrogens is 660 g/mol. The maximum absolute atomic E-state index is 12.8. The standard InChI is InChI=1S/C39H34N8O5/c1-22-17-24(18-31-35(22)46(3)39(51)45(31)2)47-16-6-9-29-32(47)21-42-36(43-29)23-11-13-30(41-20-23)38(50)40-15-5-7-25-19-28-26(8-4-10-33(28)52-25)27-12-14-34(48)44-37(27)49/h4,8,10-11,13,17-21,27H,6,9,12,14-16H2,1-3H3,(H,40,50)(H,44,48,49). The number of anilines is 2. The summed E-state index contributed by atoms with van der Waals surface area (Å²) in [5, 5.41) is 5.93. The Kier molecular flexibility index (Phi) is 8.14. The van der Waals surface area contributed by atoms with Crippen molar-refractivity contribution in [1.29, 1.82) is 0 Å². The zero-order valence-electron chi connectivity index (χ0n) is 28.8. The molecule has 2 aliphatic rings. The van der Waals surface area contributed by atoms with Gasteiger partial charge in [-0.15, -0.1) is 0 Å². The molecule has 0 spiro atoms. The molecular formula is C39H34N8O5. The number of imidazole rings is 1. The van der Waals surface area contributed by atoms with Crippen LogP contribution in [0.1, 0.15) is 58.2 Å². The first-order chi connectivity index (χ1) is 25.2. The minimum absolute atomic E-state index is 0.0587. The highest BCUT2D eigenvalue weighted by molar-refractivity contribution is 6.03. The van der Waals surface area contributed by atoms with Gasteiger partial charge in [-0.25, -0.2) is 14.8 Å². The Morgan fingerprint density at radius 1 is 1.04 bits per heavy atom. The minimum atomic E-state index is -0.438. The van der Waals surface area contributed by atoms with Crippen LogP contribution in [0.25, 0.3) is 33.4 Å². The molecule has 260 valence electrons. The summed E-state index contributed by atoms with van der Waals surface area (Å²) in [7, 11) is 3.58. The van der Waals surface area contributed by atoms with E-state index in [1.54, 1.807) is 53.7 Å². The van der Waals surface area contributed by atoms with Crippen LogP contribution in [-0.2, 0) is 30.1 Å². The molecule has 0 bridgehead atoms. The Morgan fingerprint density at radius 2 is 1.90 bits per heavy atom. The van der Waals surface area contributed by atoms with Crippen LogP contribution in [0, 0.1) is 18.8 Å². The van der Waals surface area contributed by atoms with E-state index < -0.39 is 5.92 Å². The summed E-state index contributed by atoms with van der Waals surface area (Å²) in [5.41, 5.74) is 7.90. The topological polar surface area (TPSA) is 157 Å². The lowest BCUT2D eigenvalue weighted by atomic mass is 9.88. The highest BCUT2D eigenvalue weighted by Crippen LogP contribution is 2.36. The van der Waals surface area contributed by atoms with Gasteiger partial charge in [0.25, 0.3) is 5.91 Å². The van der Waals surface area contributed by atoms with Crippen molar-refractivity contribution >= 4 is 51.1 Å². The van der Waals surface area contributed by atoms with Crippen molar-refractivity contribution in [2.45, 2.75) is 38.5 Å². The van der Waals surface area contributed by atoms with E-state index in [1.165, 1.54) is 0 Å². The second-order valence-corrected chi connectivity index (χ2v) is 13.1. The second-order valence-electron chi connectivity index (χ2n) is 13.1. The molecule has 2 aliphatic heterocycles. The third kappa shape index (κ3) is 5.77. The number of carbonyl (C=O) groups excluding carboxylic acids is 3. The molecule has 1 fully saturated rings. The largest absolute Gasteiger partial charge is 0.448 e. The summed E-state index contributed by atoms with van der Waals surface area (Å²) >= 11 is 0. The van der Waals surface area contributed by atoms with Gasteiger partial charge in [-0.2, -0.15) is 0 Å². The molecule has 4 aromatic heterocycles. The van der Waals surface area contributed by atoms with Crippen molar-refractivity contribution in [1.82, 2.24) is 34.7 Å². The van der Waals surface area contributed by atoms with Crippen LogP contribution in [0.5, 0.6) is 0 Å². The molecule has 6 heterocycles. The summed E-state index contributed by atoms with van der Waals surface area (Å²) in [6.45, 7) is 2.89.